The lowest BCUT2D eigenvalue weighted by Crippen LogP contribution is -2.02. The van der Waals surface area contributed by atoms with Gasteiger partial charge in [-0.2, -0.15) is 0 Å². The smallest absolute Gasteiger partial charge is 0.207 e. The third-order valence-corrected chi connectivity index (χ3v) is 26.0. The summed E-state index contributed by atoms with van der Waals surface area (Å²) in [5.41, 5.74) is 0. The van der Waals surface area contributed by atoms with E-state index >= 15 is 0 Å². The van der Waals surface area contributed by atoms with Crippen LogP contribution in [0.15, 0.2) is 189 Å². The van der Waals surface area contributed by atoms with E-state index in [4.69, 9.17) is 86.4 Å². The third-order valence-electron chi connectivity index (χ3n) is 11.9. The van der Waals surface area contributed by atoms with Gasteiger partial charge in [0.1, 0.15) is 0 Å². The summed E-state index contributed by atoms with van der Waals surface area (Å²) in [6.45, 7) is 11.5. The van der Waals surface area contributed by atoms with Crippen molar-refractivity contribution in [2.45, 2.75) is 85.7 Å². The van der Waals surface area contributed by atoms with Gasteiger partial charge in [-0.15, -0.1) is 45.3 Å². The predicted octanol–water partition coefficient (Wildman–Crippen LogP) is 20.5. The molecule has 0 bridgehead atoms. The Morgan fingerprint density at radius 3 is 1.21 bits per heavy atom. The van der Waals surface area contributed by atoms with E-state index in [1.54, 1.807) is 106 Å². The summed E-state index contributed by atoms with van der Waals surface area (Å²) in [6, 6.07) is 43.1. The molecule has 4 aromatic heterocycles. The fraction of sp³-hybridized carbons (Fsp3) is 0.217. The number of thiophene rings is 4. The van der Waals surface area contributed by atoms with Gasteiger partial charge >= 0.3 is 0 Å². The van der Waals surface area contributed by atoms with Crippen LogP contribution in [0.3, 0.4) is 0 Å². The molecule has 26 heteroatoms. The zero-order chi connectivity index (χ0) is 61.5. The second kappa shape index (κ2) is 33.0. The number of aryl methyl sites for hydroxylation is 4. The summed E-state index contributed by atoms with van der Waals surface area (Å²) < 4.78 is 83.9. The number of benzene rings is 5. The monoisotopic (exact) mass is 1490 g/mol. The summed E-state index contributed by atoms with van der Waals surface area (Å²) in [7, 11) is -3.86. The Labute approximate surface area is 562 Å². The SMILES string of the molecule is Cc1sc(C2OCCO2)cc1Br.Cc1sc(C2OCCO2)cc1S(=O)(=O)c1cccc(Cl)c1.Cc1sc(C2OCCO2)cc1Sc1cccc(Cl)c1.Cc1sc(C=O)cc1S(=O)(=O)c1cccc(Cl)c1.Clc1cccc(SSc2cccc(Cl)c2)c1. The Bertz CT molecular complexity index is 3900. The third kappa shape index (κ3) is 19.6. The molecule has 12 rings (SSSR count). The van der Waals surface area contributed by atoms with Crippen LogP contribution in [0.4, 0.5) is 0 Å². The molecule has 0 unspecified atom stereocenters. The molecular weight excluding hydrogens is 1440 g/mol. The number of sulfone groups is 2. The highest BCUT2D eigenvalue weighted by molar-refractivity contribution is 9.10. The first-order valence-electron chi connectivity index (χ1n) is 25.7. The maximum Gasteiger partial charge on any atom is 0.207 e. The first-order valence-corrected chi connectivity index (χ1v) is 37.6. The van der Waals surface area contributed by atoms with Crippen molar-refractivity contribution >= 4 is 179 Å². The second-order valence-corrected chi connectivity index (χ2v) is 33.6. The van der Waals surface area contributed by atoms with Crippen molar-refractivity contribution in [1.29, 1.82) is 0 Å². The van der Waals surface area contributed by atoms with Gasteiger partial charge in [-0.1, -0.05) is 122 Å². The van der Waals surface area contributed by atoms with Gasteiger partial charge in [0.05, 0.1) is 78.7 Å². The Balaban J connectivity index is 0.000000141. The molecule has 3 saturated heterocycles. The molecule has 11 nitrogen and oxygen atoms in total. The Morgan fingerprint density at radius 1 is 0.442 bits per heavy atom. The van der Waals surface area contributed by atoms with Gasteiger partial charge in [-0.25, -0.2) is 16.8 Å². The van der Waals surface area contributed by atoms with Crippen LogP contribution in [0.25, 0.3) is 0 Å². The molecule has 9 aromatic rings. The summed E-state index contributed by atoms with van der Waals surface area (Å²) in [6.07, 6.45) is -0.122. The van der Waals surface area contributed by atoms with Crippen molar-refractivity contribution in [2.24, 2.45) is 0 Å². The molecule has 0 radical (unpaired) electrons. The van der Waals surface area contributed by atoms with E-state index in [0.29, 0.717) is 70.6 Å². The number of rotatable bonds is 13. The van der Waals surface area contributed by atoms with Crippen LogP contribution in [-0.2, 0) is 48.1 Å². The highest BCUT2D eigenvalue weighted by Crippen LogP contribution is 2.42. The van der Waals surface area contributed by atoms with Crippen LogP contribution in [-0.4, -0.2) is 62.8 Å². The summed E-state index contributed by atoms with van der Waals surface area (Å²) in [5, 5.41) is 3.04. The molecule has 454 valence electrons. The van der Waals surface area contributed by atoms with E-state index in [0.717, 1.165) is 60.2 Å². The highest BCUT2D eigenvalue weighted by Gasteiger charge is 2.28. The van der Waals surface area contributed by atoms with Crippen LogP contribution in [0.5, 0.6) is 0 Å². The highest BCUT2D eigenvalue weighted by atomic mass is 79.9. The summed E-state index contributed by atoms with van der Waals surface area (Å²) in [4.78, 5) is 23.4. The van der Waals surface area contributed by atoms with Crippen molar-refractivity contribution in [3.8, 4) is 0 Å². The molecular formula is C60H52BrCl5O11S9. The summed E-state index contributed by atoms with van der Waals surface area (Å²) in [5.74, 6) is 0. The lowest BCUT2D eigenvalue weighted by Gasteiger charge is -2.05. The van der Waals surface area contributed by atoms with Gasteiger partial charge in [0, 0.05) is 68.7 Å². The molecule has 0 atom stereocenters. The lowest BCUT2D eigenvalue weighted by molar-refractivity contribution is -0.0416. The largest absolute Gasteiger partial charge is 0.345 e. The van der Waals surface area contributed by atoms with Gasteiger partial charge in [-0.3, -0.25) is 4.79 Å². The number of halogens is 6. The average Bonchev–Trinajstić information content (AvgIpc) is 3.37. The predicted molar refractivity (Wildman–Crippen MR) is 357 cm³/mol. The Hall–Kier alpha value is -2.79. The molecule has 7 heterocycles. The van der Waals surface area contributed by atoms with Gasteiger partial charge < -0.3 is 28.4 Å². The normalized spacial score (nSPS) is 14.5. The van der Waals surface area contributed by atoms with Crippen molar-refractivity contribution in [1.82, 2.24) is 0 Å². The minimum atomic E-state index is -3.61. The lowest BCUT2D eigenvalue weighted by atomic mass is 10.4. The van der Waals surface area contributed by atoms with E-state index < -0.39 is 26.0 Å². The quantitative estimate of drug-likeness (QED) is 0.0798. The standard InChI is InChI=1S/C14H13ClO4S2.C14H13ClO2S2.C12H8Cl2S2.C12H9ClO3S2.C8H9BrO2S/c1-9-13(8-12(20-9)14-18-5-6-19-14)21(16,17)11-4-2-3-10(15)7-11;1-9-12(19-11-4-2-3-10(15)7-11)8-13(18-9)14-16-5-6-17-14;13-9-3-1-5-11(7-9)15-16-12-6-2-4-10(14)8-12;1-8-12(6-10(7-14)17-8)18(15,16)11-4-2-3-9(13)5-11;1-5-6(9)4-7(12-5)8-10-2-3-11-8/h2-4,7-8,14H,5-6H2,1H3;2-4,7-8,14H,5-6H2,1H3;1-8H;2-7H,1H3;4,8H,2-3H2,1H3. The maximum absolute atomic E-state index is 12.7. The first-order chi connectivity index (χ1) is 41.2. The molecule has 86 heavy (non-hydrogen) atoms. The molecule has 3 fully saturated rings. The van der Waals surface area contributed by atoms with Crippen LogP contribution in [0, 0.1) is 27.7 Å². The van der Waals surface area contributed by atoms with Gasteiger partial charge in [0.15, 0.2) is 25.2 Å². The fourth-order valence-electron chi connectivity index (χ4n) is 7.87. The molecule has 3 aliphatic heterocycles. The minimum absolute atomic E-state index is 0.125. The Kier molecular flexibility index (Phi) is 26.5. The topological polar surface area (TPSA) is 141 Å². The van der Waals surface area contributed by atoms with E-state index in [1.807, 2.05) is 66.7 Å². The number of carbonyl (C=O) groups is 1. The van der Waals surface area contributed by atoms with Gasteiger partial charge in [0.25, 0.3) is 0 Å². The van der Waals surface area contributed by atoms with E-state index in [2.05, 4.69) is 48.0 Å². The van der Waals surface area contributed by atoms with Crippen LogP contribution in [0.1, 0.15) is 62.7 Å². The van der Waals surface area contributed by atoms with Gasteiger partial charge in [0.2, 0.25) is 19.7 Å². The molecule has 0 N–H and O–H groups in total. The molecule has 0 spiro atoms. The molecule has 0 aliphatic carbocycles. The molecule has 3 aliphatic rings. The molecule has 0 saturated carbocycles. The number of ether oxygens (including phenoxy) is 6. The Morgan fingerprint density at radius 2 is 0.802 bits per heavy atom. The van der Waals surface area contributed by atoms with Crippen LogP contribution < -0.4 is 0 Å². The van der Waals surface area contributed by atoms with Crippen molar-refractivity contribution < 1.29 is 50.1 Å². The molecule has 5 aromatic carbocycles. The van der Waals surface area contributed by atoms with Crippen molar-refractivity contribution in [3.63, 3.8) is 0 Å². The van der Waals surface area contributed by atoms with Crippen molar-refractivity contribution in [2.75, 3.05) is 39.6 Å². The fourth-order valence-corrected chi connectivity index (χ4v) is 20.5. The second-order valence-electron chi connectivity index (χ2n) is 18.2. The number of hydrogen-bond acceptors (Lipinski definition) is 18. The number of aldehydes is 1. The van der Waals surface area contributed by atoms with E-state index in [9.17, 15) is 21.6 Å². The van der Waals surface area contributed by atoms with Crippen LogP contribution in [0.2, 0.25) is 25.1 Å². The summed E-state index contributed by atoms with van der Waals surface area (Å²) >= 11 is 40.7. The minimum Gasteiger partial charge on any atom is -0.345 e. The van der Waals surface area contributed by atoms with E-state index in [1.165, 1.54) is 50.3 Å². The van der Waals surface area contributed by atoms with Crippen LogP contribution >= 0.6 is 153 Å². The zero-order valence-electron chi connectivity index (χ0n) is 45.8. The van der Waals surface area contributed by atoms with Gasteiger partial charge in [-0.05, 0) is 159 Å². The number of carbonyl (C=O) groups excluding carboxylic acids is 1. The van der Waals surface area contributed by atoms with E-state index in [-0.39, 0.29) is 32.2 Å². The van der Waals surface area contributed by atoms with Crippen molar-refractivity contribution in [3.05, 3.63) is 214 Å². The number of hydrogen-bond donors (Lipinski definition) is 0. The zero-order valence-corrected chi connectivity index (χ0v) is 58.6. The first kappa shape index (κ1) is 69.1. The average molecular weight is 1490 g/mol. The molecule has 0 amide bonds. The maximum atomic E-state index is 12.7.